The Morgan fingerprint density at radius 1 is 0.833 bits per heavy atom. The third-order valence-corrected chi connectivity index (χ3v) is 5.29. The van der Waals surface area contributed by atoms with E-state index in [1.807, 2.05) is 0 Å². The number of amides is 1. The van der Waals surface area contributed by atoms with E-state index in [9.17, 15) is 4.79 Å². The van der Waals surface area contributed by atoms with E-state index in [0.717, 1.165) is 5.75 Å². The fourth-order valence-electron chi connectivity index (χ4n) is 2.68. The predicted octanol–water partition coefficient (Wildman–Crippen LogP) is 6.50. The standard InChI is InChI=1S/C22H18Cl3NO4/c1-28-15-4-6-16(7-5-15)30-12-14-9-13(3-8-21(14)29-2)22(27)26-20-11-18(24)17(23)10-19(20)25/h3-11H,12H2,1-2H3,(H,26,27). The van der Waals surface area contributed by atoms with Gasteiger partial charge in [-0.25, -0.2) is 0 Å². The fraction of sp³-hybridized carbons (Fsp3) is 0.136. The van der Waals surface area contributed by atoms with Crippen molar-refractivity contribution in [1.29, 1.82) is 0 Å². The number of hydrogen-bond acceptors (Lipinski definition) is 4. The van der Waals surface area contributed by atoms with Crippen LogP contribution in [-0.4, -0.2) is 20.1 Å². The number of anilines is 1. The highest BCUT2D eigenvalue weighted by atomic mass is 35.5. The first kappa shape index (κ1) is 22.1. The molecule has 0 radical (unpaired) electrons. The van der Waals surface area contributed by atoms with Gasteiger partial charge in [0.1, 0.15) is 23.9 Å². The number of hydrogen-bond donors (Lipinski definition) is 1. The molecule has 0 saturated heterocycles. The van der Waals surface area contributed by atoms with Crippen molar-refractivity contribution in [1.82, 2.24) is 0 Å². The average Bonchev–Trinajstić information content (AvgIpc) is 2.76. The van der Waals surface area contributed by atoms with Crippen molar-refractivity contribution in [3.63, 3.8) is 0 Å². The van der Waals surface area contributed by atoms with Gasteiger partial charge < -0.3 is 19.5 Å². The summed E-state index contributed by atoms with van der Waals surface area (Å²) in [7, 11) is 3.16. The van der Waals surface area contributed by atoms with Crippen molar-refractivity contribution < 1.29 is 19.0 Å². The number of halogens is 3. The first-order valence-corrected chi connectivity index (χ1v) is 9.94. The van der Waals surface area contributed by atoms with Crippen LogP contribution in [0.4, 0.5) is 5.69 Å². The van der Waals surface area contributed by atoms with Crippen LogP contribution in [0.25, 0.3) is 0 Å². The van der Waals surface area contributed by atoms with Gasteiger partial charge in [0, 0.05) is 11.1 Å². The van der Waals surface area contributed by atoms with Crippen molar-refractivity contribution in [2.45, 2.75) is 6.61 Å². The Morgan fingerprint density at radius 2 is 1.50 bits per heavy atom. The Labute approximate surface area is 189 Å². The fourth-order valence-corrected chi connectivity index (χ4v) is 3.27. The molecule has 156 valence electrons. The zero-order valence-corrected chi connectivity index (χ0v) is 18.4. The number of carbonyl (C=O) groups excluding carboxylic acids is 1. The molecule has 0 unspecified atom stereocenters. The summed E-state index contributed by atoms with van der Waals surface area (Å²) in [6.07, 6.45) is 0. The Bertz CT molecular complexity index is 1050. The second-order valence-corrected chi connectivity index (χ2v) is 7.41. The Morgan fingerprint density at radius 3 is 2.17 bits per heavy atom. The van der Waals surface area contributed by atoms with Gasteiger partial charge in [-0.1, -0.05) is 34.8 Å². The third-order valence-electron chi connectivity index (χ3n) is 4.25. The second-order valence-electron chi connectivity index (χ2n) is 6.19. The lowest BCUT2D eigenvalue weighted by Gasteiger charge is -2.13. The van der Waals surface area contributed by atoms with E-state index in [1.165, 1.54) is 12.1 Å². The molecule has 1 N–H and O–H groups in total. The molecule has 0 aliphatic carbocycles. The summed E-state index contributed by atoms with van der Waals surface area (Å²) in [6.45, 7) is 0.212. The number of ether oxygens (including phenoxy) is 3. The van der Waals surface area contributed by atoms with Crippen LogP contribution in [0.2, 0.25) is 15.1 Å². The number of benzene rings is 3. The molecule has 8 heteroatoms. The number of methoxy groups -OCH3 is 2. The molecule has 0 saturated carbocycles. The zero-order valence-electron chi connectivity index (χ0n) is 16.2. The molecule has 3 aromatic carbocycles. The molecular formula is C22H18Cl3NO4. The molecule has 0 spiro atoms. The summed E-state index contributed by atoms with van der Waals surface area (Å²) in [5.74, 6) is 1.64. The van der Waals surface area contributed by atoms with E-state index in [4.69, 9.17) is 49.0 Å². The minimum Gasteiger partial charge on any atom is -0.497 e. The number of nitrogens with one attached hydrogen (secondary N) is 1. The molecule has 1 amide bonds. The Hall–Kier alpha value is -2.60. The quantitative estimate of drug-likeness (QED) is 0.404. The Kier molecular flexibility index (Phi) is 7.32. The smallest absolute Gasteiger partial charge is 0.255 e. The van der Waals surface area contributed by atoms with Crippen LogP contribution < -0.4 is 19.5 Å². The largest absolute Gasteiger partial charge is 0.497 e. The van der Waals surface area contributed by atoms with Crippen LogP contribution in [0.3, 0.4) is 0 Å². The molecule has 0 bridgehead atoms. The first-order valence-electron chi connectivity index (χ1n) is 8.81. The van der Waals surface area contributed by atoms with E-state index in [1.54, 1.807) is 56.7 Å². The van der Waals surface area contributed by atoms with Crippen LogP contribution in [0.1, 0.15) is 15.9 Å². The molecule has 0 heterocycles. The first-order chi connectivity index (χ1) is 14.4. The van der Waals surface area contributed by atoms with E-state index in [0.29, 0.717) is 38.4 Å². The molecule has 0 aromatic heterocycles. The minimum absolute atomic E-state index is 0.212. The van der Waals surface area contributed by atoms with Crippen molar-refractivity contribution in [2.75, 3.05) is 19.5 Å². The van der Waals surface area contributed by atoms with Gasteiger partial charge in [0.25, 0.3) is 5.91 Å². The lowest BCUT2D eigenvalue weighted by Crippen LogP contribution is -2.13. The summed E-state index contributed by atoms with van der Waals surface area (Å²) in [5, 5.41) is 3.62. The van der Waals surface area contributed by atoms with E-state index >= 15 is 0 Å². The molecule has 3 rings (SSSR count). The van der Waals surface area contributed by atoms with Crippen molar-refractivity contribution in [2.24, 2.45) is 0 Å². The number of carbonyl (C=O) groups is 1. The molecule has 0 aliphatic heterocycles. The number of rotatable bonds is 7. The topological polar surface area (TPSA) is 56.8 Å². The van der Waals surface area contributed by atoms with Crippen molar-refractivity contribution in [3.05, 3.63) is 80.8 Å². The molecular weight excluding hydrogens is 449 g/mol. The SMILES string of the molecule is COc1ccc(OCc2cc(C(=O)Nc3cc(Cl)c(Cl)cc3Cl)ccc2OC)cc1. The normalized spacial score (nSPS) is 10.4. The molecule has 0 fully saturated rings. The minimum atomic E-state index is -0.358. The van der Waals surface area contributed by atoms with Gasteiger partial charge in [-0.05, 0) is 54.6 Å². The predicted molar refractivity (Wildman–Crippen MR) is 120 cm³/mol. The monoisotopic (exact) mass is 465 g/mol. The summed E-state index contributed by atoms with van der Waals surface area (Å²) in [5.41, 5.74) is 1.48. The van der Waals surface area contributed by atoms with Crippen LogP contribution >= 0.6 is 34.8 Å². The van der Waals surface area contributed by atoms with E-state index in [2.05, 4.69) is 5.32 Å². The van der Waals surface area contributed by atoms with Crippen LogP contribution in [0.15, 0.2) is 54.6 Å². The van der Waals surface area contributed by atoms with Crippen molar-refractivity contribution >= 4 is 46.4 Å². The van der Waals surface area contributed by atoms with Crippen LogP contribution in [0.5, 0.6) is 17.2 Å². The highest BCUT2D eigenvalue weighted by Gasteiger charge is 2.14. The maximum Gasteiger partial charge on any atom is 0.255 e. The maximum absolute atomic E-state index is 12.7. The molecule has 3 aromatic rings. The highest BCUT2D eigenvalue weighted by Crippen LogP contribution is 2.32. The lowest BCUT2D eigenvalue weighted by molar-refractivity contribution is 0.102. The molecule has 30 heavy (non-hydrogen) atoms. The van der Waals surface area contributed by atoms with Gasteiger partial charge in [0.2, 0.25) is 0 Å². The van der Waals surface area contributed by atoms with Crippen LogP contribution in [-0.2, 0) is 6.61 Å². The van der Waals surface area contributed by atoms with Gasteiger partial charge >= 0.3 is 0 Å². The van der Waals surface area contributed by atoms with E-state index < -0.39 is 0 Å². The zero-order chi connectivity index (χ0) is 21.7. The maximum atomic E-state index is 12.7. The highest BCUT2D eigenvalue weighted by molar-refractivity contribution is 6.44. The third kappa shape index (κ3) is 5.30. The van der Waals surface area contributed by atoms with Gasteiger partial charge in [-0.3, -0.25) is 4.79 Å². The summed E-state index contributed by atoms with van der Waals surface area (Å²) in [6, 6.07) is 15.2. The lowest BCUT2D eigenvalue weighted by atomic mass is 10.1. The Balaban J connectivity index is 1.77. The molecule has 0 aliphatic rings. The summed E-state index contributed by atoms with van der Waals surface area (Å²) < 4.78 is 16.3. The van der Waals surface area contributed by atoms with Gasteiger partial charge in [-0.15, -0.1) is 0 Å². The van der Waals surface area contributed by atoms with Gasteiger partial charge in [0.05, 0.1) is 35.0 Å². The van der Waals surface area contributed by atoms with E-state index in [-0.39, 0.29) is 17.5 Å². The van der Waals surface area contributed by atoms with Crippen molar-refractivity contribution in [3.8, 4) is 17.2 Å². The summed E-state index contributed by atoms with van der Waals surface area (Å²) >= 11 is 18.1. The van der Waals surface area contributed by atoms with Gasteiger partial charge in [-0.2, -0.15) is 0 Å². The molecule has 0 atom stereocenters. The second kappa shape index (κ2) is 9.94. The summed E-state index contributed by atoms with van der Waals surface area (Å²) in [4.78, 5) is 12.7. The molecule has 5 nitrogen and oxygen atoms in total. The van der Waals surface area contributed by atoms with Gasteiger partial charge in [0.15, 0.2) is 0 Å². The van der Waals surface area contributed by atoms with Crippen LogP contribution in [0, 0.1) is 0 Å². The average molecular weight is 467 g/mol.